The Balaban J connectivity index is 1.45. The van der Waals surface area contributed by atoms with E-state index in [1.165, 1.54) is 11.1 Å². The number of para-hydroxylation sites is 1. The molecule has 3 rings (SSSR count). The lowest BCUT2D eigenvalue weighted by atomic mass is 10.1. The number of rotatable bonds is 7. The molecular formula is C22H27BrN2O. The average Bonchev–Trinajstić information content (AvgIpc) is 2.67. The Kier molecular flexibility index (Phi) is 7.30. The van der Waals surface area contributed by atoms with Crippen LogP contribution in [-0.4, -0.2) is 49.1 Å². The highest BCUT2D eigenvalue weighted by atomic mass is 79.9. The maximum Gasteiger partial charge on any atom is 0.123 e. The van der Waals surface area contributed by atoms with Gasteiger partial charge in [0.15, 0.2) is 0 Å². The third kappa shape index (κ3) is 5.70. The SMILES string of the molecule is CCOc1ccccc1CN1CCN(C/C=C/c2ccc(Br)cc2)CC1. The summed E-state index contributed by atoms with van der Waals surface area (Å²) in [5.74, 6) is 1.02. The van der Waals surface area contributed by atoms with Crippen LogP contribution in [0.1, 0.15) is 18.1 Å². The van der Waals surface area contributed by atoms with Crippen molar-refractivity contribution in [3.63, 3.8) is 0 Å². The number of hydrogen-bond acceptors (Lipinski definition) is 3. The van der Waals surface area contributed by atoms with Crippen molar-refractivity contribution >= 4 is 22.0 Å². The number of halogens is 1. The molecule has 1 fully saturated rings. The van der Waals surface area contributed by atoms with Crippen molar-refractivity contribution in [2.75, 3.05) is 39.3 Å². The summed E-state index contributed by atoms with van der Waals surface area (Å²) in [5, 5.41) is 0. The Bertz CT molecular complexity index is 706. The predicted molar refractivity (Wildman–Crippen MR) is 113 cm³/mol. The molecule has 0 spiro atoms. The van der Waals surface area contributed by atoms with E-state index in [1.54, 1.807) is 0 Å². The Labute approximate surface area is 165 Å². The van der Waals surface area contributed by atoms with Crippen molar-refractivity contribution in [2.24, 2.45) is 0 Å². The first-order chi connectivity index (χ1) is 12.7. The Morgan fingerprint density at radius 1 is 0.962 bits per heavy atom. The largest absolute Gasteiger partial charge is 0.494 e. The maximum atomic E-state index is 5.75. The fourth-order valence-electron chi connectivity index (χ4n) is 3.21. The van der Waals surface area contributed by atoms with Gasteiger partial charge in [-0.15, -0.1) is 0 Å². The Morgan fingerprint density at radius 3 is 2.38 bits per heavy atom. The van der Waals surface area contributed by atoms with Gasteiger partial charge in [-0.05, 0) is 30.7 Å². The summed E-state index contributed by atoms with van der Waals surface area (Å²) < 4.78 is 6.87. The summed E-state index contributed by atoms with van der Waals surface area (Å²) in [4.78, 5) is 5.03. The van der Waals surface area contributed by atoms with Crippen molar-refractivity contribution in [3.05, 3.63) is 70.2 Å². The highest BCUT2D eigenvalue weighted by Crippen LogP contribution is 2.20. The molecule has 1 aliphatic heterocycles. The first-order valence-corrected chi connectivity index (χ1v) is 10.1. The van der Waals surface area contributed by atoms with Gasteiger partial charge in [0.25, 0.3) is 0 Å². The predicted octanol–water partition coefficient (Wildman–Crippen LogP) is 4.68. The van der Waals surface area contributed by atoms with Gasteiger partial charge in [0.2, 0.25) is 0 Å². The second kappa shape index (κ2) is 9.91. The van der Waals surface area contributed by atoms with E-state index in [1.807, 2.05) is 13.0 Å². The second-order valence-corrected chi connectivity index (χ2v) is 7.49. The van der Waals surface area contributed by atoms with Crippen LogP contribution in [0.2, 0.25) is 0 Å². The Hall–Kier alpha value is -1.62. The topological polar surface area (TPSA) is 15.7 Å². The first kappa shape index (κ1) is 19.2. The summed E-state index contributed by atoms with van der Waals surface area (Å²) in [7, 11) is 0. The normalized spacial score (nSPS) is 16.2. The van der Waals surface area contributed by atoms with Crippen LogP contribution in [0.3, 0.4) is 0 Å². The molecular weight excluding hydrogens is 388 g/mol. The molecule has 0 saturated carbocycles. The van der Waals surface area contributed by atoms with E-state index in [0.29, 0.717) is 0 Å². The third-order valence-electron chi connectivity index (χ3n) is 4.68. The van der Waals surface area contributed by atoms with E-state index < -0.39 is 0 Å². The standard InChI is InChI=1S/C22H27BrN2O/c1-2-26-22-8-4-3-7-20(22)18-25-16-14-24(15-17-25)13-5-6-19-9-11-21(23)12-10-19/h3-12H,2,13-18H2,1H3/b6-5+. The van der Waals surface area contributed by atoms with Crippen LogP contribution in [0.15, 0.2) is 59.1 Å². The van der Waals surface area contributed by atoms with E-state index in [9.17, 15) is 0 Å². The van der Waals surface area contributed by atoms with Crippen LogP contribution in [0.4, 0.5) is 0 Å². The molecule has 0 amide bonds. The molecule has 2 aromatic carbocycles. The number of nitrogens with zero attached hydrogens (tertiary/aromatic N) is 2. The number of hydrogen-bond donors (Lipinski definition) is 0. The quantitative estimate of drug-likeness (QED) is 0.653. The van der Waals surface area contributed by atoms with Gasteiger partial charge in [0, 0.05) is 49.3 Å². The van der Waals surface area contributed by atoms with E-state index in [-0.39, 0.29) is 0 Å². The third-order valence-corrected chi connectivity index (χ3v) is 5.20. The highest BCUT2D eigenvalue weighted by Gasteiger charge is 2.17. The van der Waals surface area contributed by atoms with Gasteiger partial charge >= 0.3 is 0 Å². The molecule has 0 atom stereocenters. The smallest absolute Gasteiger partial charge is 0.123 e. The van der Waals surface area contributed by atoms with Crippen LogP contribution in [-0.2, 0) is 6.54 Å². The van der Waals surface area contributed by atoms with Gasteiger partial charge in [-0.25, -0.2) is 0 Å². The molecule has 0 aliphatic carbocycles. The molecule has 2 aromatic rings. The molecule has 0 radical (unpaired) electrons. The van der Waals surface area contributed by atoms with Crippen LogP contribution in [0.5, 0.6) is 5.75 Å². The fraction of sp³-hybridized carbons (Fsp3) is 0.364. The molecule has 0 aromatic heterocycles. The van der Waals surface area contributed by atoms with Gasteiger partial charge in [-0.2, -0.15) is 0 Å². The zero-order valence-corrected chi connectivity index (χ0v) is 17.0. The molecule has 1 saturated heterocycles. The van der Waals surface area contributed by atoms with E-state index in [4.69, 9.17) is 4.74 Å². The van der Waals surface area contributed by atoms with Crippen molar-refractivity contribution < 1.29 is 4.74 Å². The minimum atomic E-state index is 0.718. The zero-order chi connectivity index (χ0) is 18.2. The molecule has 1 heterocycles. The van der Waals surface area contributed by atoms with Crippen LogP contribution in [0.25, 0.3) is 6.08 Å². The lowest BCUT2D eigenvalue weighted by Gasteiger charge is -2.34. The highest BCUT2D eigenvalue weighted by molar-refractivity contribution is 9.10. The lowest BCUT2D eigenvalue weighted by Crippen LogP contribution is -2.45. The summed E-state index contributed by atoms with van der Waals surface area (Å²) >= 11 is 3.47. The number of piperazine rings is 1. The van der Waals surface area contributed by atoms with Crippen molar-refractivity contribution in [1.82, 2.24) is 9.80 Å². The molecule has 4 heteroatoms. The summed E-state index contributed by atoms with van der Waals surface area (Å²) in [6.45, 7) is 9.17. The number of benzene rings is 2. The molecule has 0 bridgehead atoms. The van der Waals surface area contributed by atoms with Crippen LogP contribution >= 0.6 is 15.9 Å². The number of ether oxygens (including phenoxy) is 1. The molecule has 138 valence electrons. The second-order valence-electron chi connectivity index (χ2n) is 6.57. The van der Waals surface area contributed by atoms with Crippen molar-refractivity contribution in [1.29, 1.82) is 0 Å². The zero-order valence-electron chi connectivity index (χ0n) is 15.4. The summed E-state index contributed by atoms with van der Waals surface area (Å²) in [5.41, 5.74) is 2.54. The summed E-state index contributed by atoms with van der Waals surface area (Å²) in [6, 6.07) is 16.8. The maximum absolute atomic E-state index is 5.75. The lowest BCUT2D eigenvalue weighted by molar-refractivity contribution is 0.136. The molecule has 0 N–H and O–H groups in total. The van der Waals surface area contributed by atoms with Crippen molar-refractivity contribution in [3.8, 4) is 5.75 Å². The summed E-state index contributed by atoms with van der Waals surface area (Å²) in [6.07, 6.45) is 4.47. The van der Waals surface area contributed by atoms with E-state index in [0.717, 1.165) is 56.1 Å². The molecule has 1 aliphatic rings. The van der Waals surface area contributed by atoms with Gasteiger partial charge in [-0.3, -0.25) is 9.80 Å². The van der Waals surface area contributed by atoms with Crippen LogP contribution < -0.4 is 4.74 Å². The average molecular weight is 415 g/mol. The fourth-order valence-corrected chi connectivity index (χ4v) is 3.48. The van der Waals surface area contributed by atoms with E-state index in [2.05, 4.69) is 80.3 Å². The van der Waals surface area contributed by atoms with Gasteiger partial charge < -0.3 is 4.74 Å². The van der Waals surface area contributed by atoms with Gasteiger partial charge in [0.1, 0.15) is 5.75 Å². The van der Waals surface area contributed by atoms with E-state index >= 15 is 0 Å². The first-order valence-electron chi connectivity index (χ1n) is 9.32. The Morgan fingerprint density at radius 2 is 1.65 bits per heavy atom. The molecule has 26 heavy (non-hydrogen) atoms. The van der Waals surface area contributed by atoms with Crippen molar-refractivity contribution in [2.45, 2.75) is 13.5 Å². The minimum absolute atomic E-state index is 0.718. The van der Waals surface area contributed by atoms with Gasteiger partial charge in [0.05, 0.1) is 6.61 Å². The monoisotopic (exact) mass is 414 g/mol. The molecule has 3 nitrogen and oxygen atoms in total. The molecule has 0 unspecified atom stereocenters. The minimum Gasteiger partial charge on any atom is -0.494 e. The van der Waals surface area contributed by atoms with Gasteiger partial charge in [-0.1, -0.05) is 58.4 Å². The van der Waals surface area contributed by atoms with Crippen LogP contribution in [0, 0.1) is 0 Å².